The summed E-state index contributed by atoms with van der Waals surface area (Å²) < 4.78 is 5.78. The van der Waals surface area contributed by atoms with Gasteiger partial charge in [0.1, 0.15) is 0 Å². The molecule has 23 heavy (non-hydrogen) atoms. The highest BCUT2D eigenvalue weighted by Crippen LogP contribution is 2.17. The van der Waals surface area contributed by atoms with Gasteiger partial charge in [-0.1, -0.05) is 51.4 Å². The van der Waals surface area contributed by atoms with Gasteiger partial charge in [-0.25, -0.2) is 0 Å². The average Bonchev–Trinajstić information content (AvgIpc) is 2.98. The van der Waals surface area contributed by atoms with Crippen LogP contribution in [0.3, 0.4) is 0 Å². The third-order valence-corrected chi connectivity index (χ3v) is 5.51. The first-order valence-corrected chi connectivity index (χ1v) is 10.5. The lowest BCUT2D eigenvalue weighted by Crippen LogP contribution is -2.30. The molecule has 2 rings (SSSR count). The van der Waals surface area contributed by atoms with Crippen molar-refractivity contribution in [3.63, 3.8) is 0 Å². The summed E-state index contributed by atoms with van der Waals surface area (Å²) in [5.41, 5.74) is 0. The van der Waals surface area contributed by atoms with Crippen LogP contribution < -0.4 is 10.6 Å². The fraction of sp³-hybridized carbons (Fsp3) is 1.00. The molecule has 0 atom stereocenters. The van der Waals surface area contributed by atoms with E-state index in [1.807, 2.05) is 0 Å². The van der Waals surface area contributed by atoms with Crippen molar-refractivity contribution in [3.05, 3.63) is 0 Å². The van der Waals surface area contributed by atoms with Crippen molar-refractivity contribution >= 4 is 0 Å². The summed E-state index contributed by atoms with van der Waals surface area (Å²) in [5.74, 6) is 0. The molecule has 0 radical (unpaired) electrons. The Kier molecular flexibility index (Phi) is 11.0. The van der Waals surface area contributed by atoms with Crippen molar-refractivity contribution in [2.45, 2.75) is 102 Å². The fourth-order valence-electron chi connectivity index (χ4n) is 4.03. The molecule has 2 aliphatic rings. The number of hydrogen-bond acceptors (Lipinski definition) is 3. The minimum absolute atomic E-state index is 0.779. The molecule has 0 spiro atoms. The highest BCUT2D eigenvalue weighted by Gasteiger charge is 2.11. The Bertz CT molecular complexity index is 230. The number of rotatable bonds is 10. The summed E-state index contributed by atoms with van der Waals surface area (Å²) in [6.45, 7) is 4.10. The van der Waals surface area contributed by atoms with Gasteiger partial charge < -0.3 is 15.4 Å². The Morgan fingerprint density at radius 3 is 1.35 bits per heavy atom. The van der Waals surface area contributed by atoms with E-state index in [0.29, 0.717) is 0 Å². The van der Waals surface area contributed by atoms with E-state index in [1.165, 1.54) is 77.0 Å². The maximum atomic E-state index is 5.78. The standard InChI is InChI=1S/C20H40N2O/c1-2-6-12-19(11-5-1)21-15-9-17-23-18-10-16-22-20-13-7-3-4-8-14-20/h19-22H,1-18H2. The van der Waals surface area contributed by atoms with Crippen LogP contribution in [0.2, 0.25) is 0 Å². The average molecular weight is 325 g/mol. The largest absolute Gasteiger partial charge is 0.381 e. The maximum absolute atomic E-state index is 5.78. The van der Waals surface area contributed by atoms with Crippen LogP contribution in [0.1, 0.15) is 89.9 Å². The molecule has 2 fully saturated rings. The van der Waals surface area contributed by atoms with Gasteiger partial charge in [-0.2, -0.15) is 0 Å². The van der Waals surface area contributed by atoms with Crippen LogP contribution in [-0.4, -0.2) is 38.4 Å². The van der Waals surface area contributed by atoms with Crippen molar-refractivity contribution in [2.24, 2.45) is 0 Å². The van der Waals surface area contributed by atoms with Crippen molar-refractivity contribution in [3.8, 4) is 0 Å². The van der Waals surface area contributed by atoms with Gasteiger partial charge in [0.15, 0.2) is 0 Å². The van der Waals surface area contributed by atoms with E-state index in [0.717, 1.165) is 51.2 Å². The monoisotopic (exact) mass is 324 g/mol. The van der Waals surface area contributed by atoms with E-state index in [-0.39, 0.29) is 0 Å². The molecule has 3 nitrogen and oxygen atoms in total. The molecule has 2 aliphatic carbocycles. The van der Waals surface area contributed by atoms with Gasteiger partial charge in [-0.3, -0.25) is 0 Å². The summed E-state index contributed by atoms with van der Waals surface area (Å²) in [4.78, 5) is 0. The van der Waals surface area contributed by atoms with Crippen molar-refractivity contribution in [1.82, 2.24) is 10.6 Å². The third-order valence-electron chi connectivity index (χ3n) is 5.51. The molecule has 0 aliphatic heterocycles. The first-order chi connectivity index (χ1) is 11.4. The molecular weight excluding hydrogens is 284 g/mol. The molecule has 0 aromatic carbocycles. The minimum Gasteiger partial charge on any atom is -0.381 e. The Balaban J connectivity index is 1.33. The van der Waals surface area contributed by atoms with Gasteiger partial charge in [-0.05, 0) is 51.6 Å². The lowest BCUT2D eigenvalue weighted by atomic mass is 10.1. The van der Waals surface area contributed by atoms with E-state index in [2.05, 4.69) is 10.6 Å². The molecule has 0 amide bonds. The SMILES string of the molecule is C1CCCC(NCCCOCCCNC2CCCCCC2)CC1. The normalized spacial score (nSPS) is 21.9. The van der Waals surface area contributed by atoms with E-state index >= 15 is 0 Å². The molecule has 0 aromatic rings. The minimum atomic E-state index is 0.779. The molecule has 0 heterocycles. The van der Waals surface area contributed by atoms with Gasteiger partial charge in [0.05, 0.1) is 0 Å². The third kappa shape index (κ3) is 9.69. The van der Waals surface area contributed by atoms with Crippen molar-refractivity contribution in [2.75, 3.05) is 26.3 Å². The van der Waals surface area contributed by atoms with Crippen molar-refractivity contribution < 1.29 is 4.74 Å². The van der Waals surface area contributed by atoms with Crippen LogP contribution in [-0.2, 0) is 4.74 Å². The predicted molar refractivity (Wildman–Crippen MR) is 99.0 cm³/mol. The van der Waals surface area contributed by atoms with Crippen LogP contribution in [0, 0.1) is 0 Å². The molecule has 0 saturated heterocycles. The van der Waals surface area contributed by atoms with Crippen LogP contribution in [0.15, 0.2) is 0 Å². The maximum Gasteiger partial charge on any atom is 0.0478 e. The van der Waals surface area contributed by atoms with Gasteiger partial charge >= 0.3 is 0 Å². The van der Waals surface area contributed by atoms with E-state index < -0.39 is 0 Å². The zero-order valence-corrected chi connectivity index (χ0v) is 15.3. The Labute approximate surface area is 144 Å². The summed E-state index contributed by atoms with van der Waals surface area (Å²) in [5, 5.41) is 7.44. The Morgan fingerprint density at radius 1 is 0.565 bits per heavy atom. The zero-order valence-electron chi connectivity index (χ0n) is 15.3. The second kappa shape index (κ2) is 13.2. The molecule has 0 bridgehead atoms. The van der Waals surface area contributed by atoms with Gasteiger partial charge in [-0.15, -0.1) is 0 Å². The first-order valence-electron chi connectivity index (χ1n) is 10.5. The second-order valence-electron chi connectivity index (χ2n) is 7.60. The van der Waals surface area contributed by atoms with E-state index in [4.69, 9.17) is 4.74 Å². The Hall–Kier alpha value is -0.120. The van der Waals surface area contributed by atoms with Crippen molar-refractivity contribution in [1.29, 1.82) is 0 Å². The number of ether oxygens (including phenoxy) is 1. The molecule has 0 aromatic heterocycles. The van der Waals surface area contributed by atoms with E-state index in [9.17, 15) is 0 Å². The zero-order chi connectivity index (χ0) is 16.0. The van der Waals surface area contributed by atoms with Crippen LogP contribution in [0.25, 0.3) is 0 Å². The topological polar surface area (TPSA) is 33.3 Å². The summed E-state index contributed by atoms with van der Waals surface area (Å²) in [6.07, 6.45) is 19.3. The van der Waals surface area contributed by atoms with Crippen LogP contribution in [0.5, 0.6) is 0 Å². The number of nitrogens with one attached hydrogen (secondary N) is 2. The molecular formula is C20H40N2O. The van der Waals surface area contributed by atoms with Crippen LogP contribution in [0.4, 0.5) is 0 Å². The van der Waals surface area contributed by atoms with Gasteiger partial charge in [0.2, 0.25) is 0 Å². The summed E-state index contributed by atoms with van der Waals surface area (Å²) in [7, 11) is 0. The molecule has 2 saturated carbocycles. The highest BCUT2D eigenvalue weighted by molar-refractivity contribution is 4.71. The second-order valence-corrected chi connectivity index (χ2v) is 7.60. The van der Waals surface area contributed by atoms with Crippen LogP contribution >= 0.6 is 0 Å². The first kappa shape index (κ1) is 19.2. The van der Waals surface area contributed by atoms with Gasteiger partial charge in [0.25, 0.3) is 0 Å². The smallest absolute Gasteiger partial charge is 0.0478 e. The Morgan fingerprint density at radius 2 is 0.957 bits per heavy atom. The molecule has 0 unspecified atom stereocenters. The predicted octanol–water partition coefficient (Wildman–Crippen LogP) is 4.41. The fourth-order valence-corrected chi connectivity index (χ4v) is 4.03. The highest BCUT2D eigenvalue weighted by atomic mass is 16.5. The molecule has 2 N–H and O–H groups in total. The molecule has 3 heteroatoms. The molecule has 136 valence electrons. The number of hydrogen-bond donors (Lipinski definition) is 2. The summed E-state index contributed by atoms with van der Waals surface area (Å²) in [6, 6.07) is 1.56. The van der Waals surface area contributed by atoms with E-state index in [1.54, 1.807) is 0 Å². The lowest BCUT2D eigenvalue weighted by molar-refractivity contribution is 0.127. The van der Waals surface area contributed by atoms with Gasteiger partial charge in [0, 0.05) is 25.3 Å². The lowest BCUT2D eigenvalue weighted by Gasteiger charge is -2.16. The summed E-state index contributed by atoms with van der Waals surface area (Å²) >= 11 is 0. The quantitative estimate of drug-likeness (QED) is 0.461.